The van der Waals surface area contributed by atoms with E-state index in [1.165, 1.54) is 16.3 Å². The largest absolute Gasteiger partial charge is 0.325 e. The molecule has 3 rings (SSSR count). The third-order valence-corrected chi connectivity index (χ3v) is 4.73. The summed E-state index contributed by atoms with van der Waals surface area (Å²) in [6.07, 6.45) is 0. The molecule has 18 heavy (non-hydrogen) atoms. The van der Waals surface area contributed by atoms with Gasteiger partial charge in [0.1, 0.15) is 5.01 Å². The van der Waals surface area contributed by atoms with E-state index in [9.17, 15) is 0 Å². The van der Waals surface area contributed by atoms with Gasteiger partial charge in [-0.1, -0.05) is 42.5 Å². The molecule has 0 bridgehead atoms. The maximum Gasteiger partial charge on any atom is 0.125 e. The van der Waals surface area contributed by atoms with Crippen LogP contribution in [0.2, 0.25) is 0 Å². The SMILES string of the molecule is NCc1nc(-c2cccc3ccccc23)sc1Br. The Kier molecular flexibility index (Phi) is 3.16. The summed E-state index contributed by atoms with van der Waals surface area (Å²) in [5.74, 6) is 0. The van der Waals surface area contributed by atoms with Crippen molar-refractivity contribution >= 4 is 38.0 Å². The third kappa shape index (κ3) is 1.96. The maximum absolute atomic E-state index is 5.67. The van der Waals surface area contributed by atoms with Crippen LogP contribution >= 0.6 is 27.3 Å². The summed E-state index contributed by atoms with van der Waals surface area (Å²) in [5, 5.41) is 3.47. The standard InChI is InChI=1S/C14H11BrN2S/c15-13-12(8-16)17-14(18-13)11-7-3-5-9-4-1-2-6-10(9)11/h1-7H,8,16H2. The molecule has 2 nitrogen and oxygen atoms in total. The summed E-state index contributed by atoms with van der Waals surface area (Å²) in [5.41, 5.74) is 7.75. The molecule has 1 heterocycles. The number of rotatable bonds is 2. The molecule has 0 fully saturated rings. The van der Waals surface area contributed by atoms with Crippen molar-refractivity contribution in [1.82, 2.24) is 4.98 Å². The molecule has 0 aliphatic heterocycles. The van der Waals surface area contributed by atoms with Gasteiger partial charge in [-0.05, 0) is 26.7 Å². The summed E-state index contributed by atoms with van der Waals surface area (Å²) >= 11 is 5.15. The van der Waals surface area contributed by atoms with Crippen molar-refractivity contribution in [3.63, 3.8) is 0 Å². The second kappa shape index (κ2) is 4.80. The quantitative estimate of drug-likeness (QED) is 0.769. The molecule has 0 aliphatic carbocycles. The zero-order chi connectivity index (χ0) is 12.5. The zero-order valence-electron chi connectivity index (χ0n) is 9.56. The highest BCUT2D eigenvalue weighted by molar-refractivity contribution is 9.11. The van der Waals surface area contributed by atoms with Crippen molar-refractivity contribution in [1.29, 1.82) is 0 Å². The van der Waals surface area contributed by atoms with Crippen molar-refractivity contribution in [2.75, 3.05) is 0 Å². The fourth-order valence-corrected chi connectivity index (χ4v) is 3.56. The molecule has 0 saturated heterocycles. The van der Waals surface area contributed by atoms with Crippen LogP contribution < -0.4 is 5.73 Å². The van der Waals surface area contributed by atoms with Crippen LogP contribution in [0, 0.1) is 0 Å². The molecular formula is C14H11BrN2S. The van der Waals surface area contributed by atoms with Crippen molar-refractivity contribution in [2.45, 2.75) is 6.54 Å². The molecule has 0 radical (unpaired) electrons. The van der Waals surface area contributed by atoms with Gasteiger partial charge in [0.2, 0.25) is 0 Å². The summed E-state index contributed by atoms with van der Waals surface area (Å²) in [6.45, 7) is 0.460. The van der Waals surface area contributed by atoms with Crippen molar-refractivity contribution < 1.29 is 0 Å². The van der Waals surface area contributed by atoms with Crippen LogP contribution in [0.5, 0.6) is 0 Å². The first kappa shape index (κ1) is 11.8. The Morgan fingerprint density at radius 3 is 2.67 bits per heavy atom. The van der Waals surface area contributed by atoms with E-state index in [1.807, 2.05) is 0 Å². The second-order valence-electron chi connectivity index (χ2n) is 3.97. The molecule has 90 valence electrons. The number of nitrogens with zero attached hydrogens (tertiary/aromatic N) is 1. The van der Waals surface area contributed by atoms with Crippen LogP contribution in [-0.2, 0) is 6.54 Å². The van der Waals surface area contributed by atoms with Crippen molar-refractivity contribution in [3.05, 3.63) is 51.9 Å². The Morgan fingerprint density at radius 2 is 1.89 bits per heavy atom. The summed E-state index contributed by atoms with van der Waals surface area (Å²) < 4.78 is 1.02. The molecule has 0 amide bonds. The topological polar surface area (TPSA) is 38.9 Å². The average molecular weight is 319 g/mol. The zero-order valence-corrected chi connectivity index (χ0v) is 12.0. The molecule has 1 aromatic heterocycles. The Labute approximate surface area is 118 Å². The van der Waals surface area contributed by atoms with Gasteiger partial charge in [-0.3, -0.25) is 0 Å². The Bertz CT molecular complexity index is 701. The third-order valence-electron chi connectivity index (χ3n) is 2.86. The van der Waals surface area contributed by atoms with Crippen LogP contribution in [0.3, 0.4) is 0 Å². The maximum atomic E-state index is 5.67. The van der Waals surface area contributed by atoms with Gasteiger partial charge in [-0.15, -0.1) is 11.3 Å². The fourth-order valence-electron chi connectivity index (χ4n) is 1.99. The number of hydrogen-bond donors (Lipinski definition) is 1. The number of benzene rings is 2. The van der Waals surface area contributed by atoms with E-state index >= 15 is 0 Å². The first-order valence-corrected chi connectivity index (χ1v) is 7.24. The van der Waals surface area contributed by atoms with Crippen molar-refractivity contribution in [2.24, 2.45) is 5.73 Å². The molecule has 3 aromatic rings. The van der Waals surface area contributed by atoms with Gasteiger partial charge >= 0.3 is 0 Å². The fraction of sp³-hybridized carbons (Fsp3) is 0.0714. The van der Waals surface area contributed by atoms with E-state index in [-0.39, 0.29) is 0 Å². The van der Waals surface area contributed by atoms with E-state index in [1.54, 1.807) is 11.3 Å². The van der Waals surface area contributed by atoms with E-state index in [2.05, 4.69) is 63.4 Å². The normalized spacial score (nSPS) is 11.0. The molecule has 2 N–H and O–H groups in total. The summed E-state index contributed by atoms with van der Waals surface area (Å²) in [4.78, 5) is 4.60. The van der Waals surface area contributed by atoms with Gasteiger partial charge in [-0.25, -0.2) is 4.98 Å². The molecule has 0 aliphatic rings. The Balaban J connectivity index is 2.24. The van der Waals surface area contributed by atoms with Gasteiger partial charge in [-0.2, -0.15) is 0 Å². The smallest absolute Gasteiger partial charge is 0.125 e. The lowest BCUT2D eigenvalue weighted by Gasteiger charge is -2.02. The molecule has 4 heteroatoms. The van der Waals surface area contributed by atoms with Gasteiger partial charge in [0.15, 0.2) is 0 Å². The molecule has 0 spiro atoms. The molecule has 2 aromatic carbocycles. The first-order chi connectivity index (χ1) is 8.79. The number of halogens is 1. The number of thiazole rings is 1. The molecular weight excluding hydrogens is 308 g/mol. The summed E-state index contributed by atoms with van der Waals surface area (Å²) in [6, 6.07) is 14.6. The van der Waals surface area contributed by atoms with Crippen LogP contribution in [0.1, 0.15) is 5.69 Å². The molecule has 0 saturated carbocycles. The monoisotopic (exact) mass is 318 g/mol. The van der Waals surface area contributed by atoms with E-state index < -0.39 is 0 Å². The van der Waals surface area contributed by atoms with Crippen LogP contribution in [0.15, 0.2) is 46.3 Å². The first-order valence-electron chi connectivity index (χ1n) is 5.63. The number of aromatic nitrogens is 1. The molecule has 0 atom stereocenters. The Morgan fingerprint density at radius 1 is 1.11 bits per heavy atom. The van der Waals surface area contributed by atoms with Crippen molar-refractivity contribution in [3.8, 4) is 10.6 Å². The average Bonchev–Trinajstić information content (AvgIpc) is 2.79. The van der Waals surface area contributed by atoms with Gasteiger partial charge in [0.25, 0.3) is 0 Å². The van der Waals surface area contributed by atoms with Crippen LogP contribution in [0.25, 0.3) is 21.3 Å². The predicted octanol–water partition coefficient (Wildman–Crippen LogP) is 4.18. The Hall–Kier alpha value is -1.23. The van der Waals surface area contributed by atoms with Gasteiger partial charge in [0.05, 0.1) is 9.48 Å². The van der Waals surface area contributed by atoms with E-state index in [4.69, 9.17) is 5.73 Å². The minimum absolute atomic E-state index is 0.460. The second-order valence-corrected chi connectivity index (χ2v) is 6.29. The lowest BCUT2D eigenvalue weighted by Crippen LogP contribution is -1.96. The lowest BCUT2D eigenvalue weighted by atomic mass is 10.1. The van der Waals surface area contributed by atoms with E-state index in [0.29, 0.717) is 6.54 Å². The highest BCUT2D eigenvalue weighted by atomic mass is 79.9. The molecule has 0 unspecified atom stereocenters. The van der Waals surface area contributed by atoms with Gasteiger partial charge in [0, 0.05) is 12.1 Å². The highest BCUT2D eigenvalue weighted by Crippen LogP contribution is 2.35. The number of nitrogens with two attached hydrogens (primary N) is 1. The van der Waals surface area contributed by atoms with Crippen LogP contribution in [0.4, 0.5) is 0 Å². The van der Waals surface area contributed by atoms with E-state index in [0.717, 1.165) is 14.5 Å². The lowest BCUT2D eigenvalue weighted by molar-refractivity contribution is 1.01. The summed E-state index contributed by atoms with van der Waals surface area (Å²) in [7, 11) is 0. The number of hydrogen-bond acceptors (Lipinski definition) is 3. The minimum atomic E-state index is 0.460. The number of fused-ring (bicyclic) bond motifs is 1. The minimum Gasteiger partial charge on any atom is -0.325 e. The highest BCUT2D eigenvalue weighted by Gasteiger charge is 2.11. The van der Waals surface area contributed by atoms with Crippen LogP contribution in [-0.4, -0.2) is 4.98 Å². The predicted molar refractivity (Wildman–Crippen MR) is 80.6 cm³/mol. The van der Waals surface area contributed by atoms with Gasteiger partial charge < -0.3 is 5.73 Å².